The number of amides is 1. The van der Waals surface area contributed by atoms with Gasteiger partial charge in [-0.15, -0.1) is 0 Å². The van der Waals surface area contributed by atoms with Crippen molar-refractivity contribution >= 4 is 17.5 Å². The van der Waals surface area contributed by atoms with Crippen molar-refractivity contribution in [1.82, 2.24) is 9.88 Å². The van der Waals surface area contributed by atoms with Gasteiger partial charge < -0.3 is 9.88 Å². The van der Waals surface area contributed by atoms with E-state index < -0.39 is 35.8 Å². The van der Waals surface area contributed by atoms with Crippen molar-refractivity contribution in [2.45, 2.75) is 32.6 Å². The van der Waals surface area contributed by atoms with E-state index in [-0.39, 0.29) is 5.92 Å². The van der Waals surface area contributed by atoms with E-state index >= 15 is 0 Å². The maximum absolute atomic E-state index is 12.8. The number of carbonyl (C=O) groups is 1. The molecule has 1 atom stereocenters. The Morgan fingerprint density at radius 1 is 1.19 bits per heavy atom. The number of alkyl halides is 3. The van der Waals surface area contributed by atoms with E-state index in [1.807, 2.05) is 13.8 Å². The van der Waals surface area contributed by atoms with Crippen LogP contribution in [0, 0.1) is 5.92 Å². The summed E-state index contributed by atoms with van der Waals surface area (Å²) in [5.74, 6) is -0.595. The highest BCUT2D eigenvalue weighted by Gasteiger charge is 2.34. The molecule has 0 saturated carbocycles. The predicted molar refractivity (Wildman–Crippen MR) is 92.9 cm³/mol. The van der Waals surface area contributed by atoms with Crippen molar-refractivity contribution in [2.24, 2.45) is 5.92 Å². The van der Waals surface area contributed by atoms with Gasteiger partial charge in [0.2, 0.25) is 5.91 Å². The van der Waals surface area contributed by atoms with E-state index in [1.54, 1.807) is 24.3 Å². The van der Waals surface area contributed by atoms with Crippen molar-refractivity contribution in [3.8, 4) is 0 Å². The Bertz CT molecular complexity index is 847. The molecule has 4 nitrogen and oxygen atoms in total. The Hall–Kier alpha value is -2.28. The zero-order chi connectivity index (χ0) is 19.5. The molecule has 0 aliphatic carbocycles. The number of rotatable bonds is 5. The monoisotopic (exact) mass is 386 g/mol. The normalized spacial score (nSPS) is 12.9. The molecule has 2 rings (SSSR count). The summed E-state index contributed by atoms with van der Waals surface area (Å²) in [6.07, 6.45) is -3.62. The van der Waals surface area contributed by atoms with Crippen molar-refractivity contribution in [3.63, 3.8) is 0 Å². The summed E-state index contributed by atoms with van der Waals surface area (Å²) in [5, 5.41) is 3.22. The second kappa shape index (κ2) is 7.95. The first-order chi connectivity index (χ1) is 12.1. The first kappa shape index (κ1) is 20.0. The molecular weight excluding hydrogens is 369 g/mol. The fraction of sp³-hybridized carbons (Fsp3) is 0.333. The minimum atomic E-state index is -4.77. The third kappa shape index (κ3) is 4.66. The predicted octanol–water partition coefficient (Wildman–Crippen LogP) is 4.03. The van der Waals surface area contributed by atoms with Crippen molar-refractivity contribution in [1.29, 1.82) is 0 Å². The van der Waals surface area contributed by atoms with E-state index in [0.29, 0.717) is 16.7 Å². The van der Waals surface area contributed by atoms with Gasteiger partial charge in [0.1, 0.15) is 12.1 Å². The molecular formula is C18H18ClF3N2O2. The molecule has 1 N–H and O–H groups in total. The van der Waals surface area contributed by atoms with Crippen LogP contribution < -0.4 is 10.9 Å². The van der Waals surface area contributed by atoms with Crippen molar-refractivity contribution in [2.75, 3.05) is 0 Å². The minimum absolute atomic E-state index is 0.0166. The lowest BCUT2D eigenvalue weighted by Gasteiger charge is -2.24. The lowest BCUT2D eigenvalue weighted by molar-refractivity contribution is -0.139. The maximum atomic E-state index is 12.8. The van der Waals surface area contributed by atoms with Gasteiger partial charge in [0.25, 0.3) is 5.56 Å². The Balaban J connectivity index is 2.23. The number of hydrogen-bond donors (Lipinski definition) is 1. The van der Waals surface area contributed by atoms with Gasteiger partial charge in [0.15, 0.2) is 0 Å². The molecule has 1 amide bonds. The highest BCUT2D eigenvalue weighted by molar-refractivity contribution is 6.31. The van der Waals surface area contributed by atoms with Crippen LogP contribution in [0.1, 0.15) is 31.0 Å². The van der Waals surface area contributed by atoms with E-state index in [0.717, 1.165) is 16.8 Å². The fourth-order valence-electron chi connectivity index (χ4n) is 2.58. The van der Waals surface area contributed by atoms with Gasteiger partial charge in [-0.3, -0.25) is 9.59 Å². The first-order valence-electron chi connectivity index (χ1n) is 7.91. The van der Waals surface area contributed by atoms with Gasteiger partial charge in [0, 0.05) is 11.2 Å². The lowest BCUT2D eigenvalue weighted by atomic mass is 9.96. The first-order valence-corrected chi connectivity index (χ1v) is 8.29. The Kier molecular flexibility index (Phi) is 6.13. The van der Waals surface area contributed by atoms with Gasteiger partial charge >= 0.3 is 6.18 Å². The molecule has 1 aromatic heterocycles. The van der Waals surface area contributed by atoms with Crippen LogP contribution in [-0.4, -0.2) is 10.5 Å². The topological polar surface area (TPSA) is 51.1 Å². The zero-order valence-electron chi connectivity index (χ0n) is 14.2. The molecule has 2 aromatic rings. The van der Waals surface area contributed by atoms with Gasteiger partial charge in [0.05, 0.1) is 6.04 Å². The molecule has 1 aromatic carbocycles. The third-order valence-electron chi connectivity index (χ3n) is 3.86. The van der Waals surface area contributed by atoms with Crippen LogP contribution in [0.15, 0.2) is 47.4 Å². The van der Waals surface area contributed by atoms with Gasteiger partial charge in [-0.05, 0) is 29.7 Å². The number of hydrogen-bond acceptors (Lipinski definition) is 2. The quantitative estimate of drug-likeness (QED) is 0.843. The van der Waals surface area contributed by atoms with Crippen LogP contribution in [0.5, 0.6) is 0 Å². The van der Waals surface area contributed by atoms with Crippen LogP contribution in [0.2, 0.25) is 5.02 Å². The summed E-state index contributed by atoms with van der Waals surface area (Å²) in [6.45, 7) is 3.24. The van der Waals surface area contributed by atoms with Gasteiger partial charge in [-0.2, -0.15) is 13.2 Å². The molecule has 8 heteroatoms. The van der Waals surface area contributed by atoms with E-state index in [9.17, 15) is 22.8 Å². The minimum Gasteiger partial charge on any atom is -0.347 e. The van der Waals surface area contributed by atoms with Gasteiger partial charge in [-0.1, -0.05) is 43.6 Å². The second-order valence-corrected chi connectivity index (χ2v) is 6.57. The number of aromatic nitrogens is 1. The summed E-state index contributed by atoms with van der Waals surface area (Å²) in [7, 11) is 0. The molecule has 0 saturated heterocycles. The number of benzene rings is 1. The van der Waals surface area contributed by atoms with Crippen LogP contribution in [0.25, 0.3) is 0 Å². The maximum Gasteiger partial charge on any atom is 0.421 e. The number of nitrogens with zero attached hydrogens (tertiary/aromatic N) is 1. The van der Waals surface area contributed by atoms with Crippen LogP contribution >= 0.6 is 11.6 Å². The van der Waals surface area contributed by atoms with E-state index in [2.05, 4.69) is 5.32 Å². The fourth-order valence-corrected chi connectivity index (χ4v) is 2.84. The Morgan fingerprint density at radius 3 is 2.42 bits per heavy atom. The lowest BCUT2D eigenvalue weighted by Crippen LogP contribution is -2.38. The molecule has 0 fully saturated rings. The van der Waals surface area contributed by atoms with Crippen LogP contribution in [-0.2, 0) is 17.5 Å². The molecule has 0 aliphatic heterocycles. The third-order valence-corrected chi connectivity index (χ3v) is 4.21. The SMILES string of the molecule is CC(C)C(NC(=O)Cn1cccc(C(F)(F)F)c1=O)c1ccccc1Cl. The number of carbonyl (C=O) groups excluding carboxylic acids is 1. The molecule has 0 aliphatic rings. The number of pyridine rings is 1. The Labute approximate surface area is 153 Å². The number of nitrogens with one attached hydrogen (secondary N) is 1. The molecule has 0 spiro atoms. The average molecular weight is 387 g/mol. The largest absolute Gasteiger partial charge is 0.421 e. The van der Waals surface area contributed by atoms with Crippen LogP contribution in [0.4, 0.5) is 13.2 Å². The highest BCUT2D eigenvalue weighted by Crippen LogP contribution is 2.28. The average Bonchev–Trinajstić information content (AvgIpc) is 2.54. The smallest absolute Gasteiger partial charge is 0.347 e. The molecule has 140 valence electrons. The standard InChI is InChI=1S/C18H18ClF3N2O2/c1-11(2)16(12-6-3-4-8-14(12)19)23-15(25)10-24-9-5-7-13(17(24)26)18(20,21)22/h3-9,11,16H,10H2,1-2H3,(H,23,25). The van der Waals surface area contributed by atoms with Crippen molar-refractivity contribution in [3.05, 3.63) is 69.1 Å². The van der Waals surface area contributed by atoms with E-state index in [4.69, 9.17) is 11.6 Å². The van der Waals surface area contributed by atoms with E-state index in [1.165, 1.54) is 0 Å². The summed E-state index contributed by atoms with van der Waals surface area (Å²) in [6, 6.07) is 8.34. The van der Waals surface area contributed by atoms with Crippen LogP contribution in [0.3, 0.4) is 0 Å². The molecule has 26 heavy (non-hydrogen) atoms. The van der Waals surface area contributed by atoms with Crippen molar-refractivity contribution < 1.29 is 18.0 Å². The second-order valence-electron chi connectivity index (χ2n) is 6.16. The molecule has 1 heterocycles. The summed E-state index contributed by atoms with van der Waals surface area (Å²) in [5.41, 5.74) is -1.86. The summed E-state index contributed by atoms with van der Waals surface area (Å²) >= 11 is 6.17. The summed E-state index contributed by atoms with van der Waals surface area (Å²) in [4.78, 5) is 24.3. The molecule has 0 radical (unpaired) electrons. The van der Waals surface area contributed by atoms with Gasteiger partial charge in [-0.25, -0.2) is 0 Å². The summed E-state index contributed by atoms with van der Waals surface area (Å²) < 4.78 is 39.2. The zero-order valence-corrected chi connectivity index (χ0v) is 14.9. The highest BCUT2D eigenvalue weighted by atomic mass is 35.5. The Morgan fingerprint density at radius 2 is 1.85 bits per heavy atom. The molecule has 0 bridgehead atoms. The number of halogens is 4. The molecule has 1 unspecified atom stereocenters.